The Hall–Kier alpha value is -0.690. The van der Waals surface area contributed by atoms with Gasteiger partial charge in [0.1, 0.15) is 0 Å². The van der Waals surface area contributed by atoms with Gasteiger partial charge in [0.15, 0.2) is 0 Å². The average Bonchev–Trinajstić information content (AvgIpc) is 1.99. The summed E-state index contributed by atoms with van der Waals surface area (Å²) in [6.07, 6.45) is 0. The molecule has 0 aromatic heterocycles. The van der Waals surface area contributed by atoms with Crippen LogP contribution >= 0.6 is 12.6 Å². The fraction of sp³-hybridized carbons (Fsp3) is 0.273. The maximum absolute atomic E-state index is 4.39. The summed E-state index contributed by atoms with van der Waals surface area (Å²) in [4.78, 5) is 1.05. The van der Waals surface area contributed by atoms with Gasteiger partial charge in [-0.15, -0.1) is 12.6 Å². The van der Waals surface area contributed by atoms with E-state index < -0.39 is 0 Å². The molecule has 0 bridgehead atoms. The molecule has 12 heavy (non-hydrogen) atoms. The first-order valence-electron chi connectivity index (χ1n) is 3.98. The van der Waals surface area contributed by atoms with Gasteiger partial charge in [-0.3, -0.25) is 0 Å². The third-order valence-electron chi connectivity index (χ3n) is 2.13. The standard InChI is InChI=1S/C11H14S/c1-7(2)10-5-8(3)9(4)11(12)6-10/h5-6,12H,1H2,2-4H3. The molecule has 64 valence electrons. The van der Waals surface area contributed by atoms with Crippen molar-refractivity contribution in [1.29, 1.82) is 0 Å². The molecule has 0 aliphatic rings. The Morgan fingerprint density at radius 3 is 2.33 bits per heavy atom. The molecule has 0 radical (unpaired) electrons. The van der Waals surface area contributed by atoms with Crippen LogP contribution in [0.3, 0.4) is 0 Å². The molecule has 1 heteroatoms. The molecular formula is C11H14S. The second kappa shape index (κ2) is 3.36. The van der Waals surface area contributed by atoms with Crippen LogP contribution in [0.25, 0.3) is 5.57 Å². The van der Waals surface area contributed by atoms with Crippen molar-refractivity contribution in [1.82, 2.24) is 0 Å². The highest BCUT2D eigenvalue weighted by atomic mass is 32.1. The fourth-order valence-corrected chi connectivity index (χ4v) is 1.40. The van der Waals surface area contributed by atoms with Crippen molar-refractivity contribution in [3.8, 4) is 0 Å². The van der Waals surface area contributed by atoms with Gasteiger partial charge in [0.25, 0.3) is 0 Å². The summed E-state index contributed by atoms with van der Waals surface area (Å²) < 4.78 is 0. The molecule has 0 N–H and O–H groups in total. The lowest BCUT2D eigenvalue weighted by molar-refractivity contribution is 1.22. The van der Waals surface area contributed by atoms with Crippen molar-refractivity contribution < 1.29 is 0 Å². The Kier molecular flexibility index (Phi) is 2.63. The first kappa shape index (κ1) is 9.40. The van der Waals surface area contributed by atoms with E-state index in [-0.39, 0.29) is 0 Å². The summed E-state index contributed by atoms with van der Waals surface area (Å²) >= 11 is 4.39. The summed E-state index contributed by atoms with van der Waals surface area (Å²) in [6.45, 7) is 10.1. The minimum absolute atomic E-state index is 1.05. The molecule has 0 saturated heterocycles. The van der Waals surface area contributed by atoms with Crippen LogP contribution in [0.5, 0.6) is 0 Å². The van der Waals surface area contributed by atoms with Gasteiger partial charge in [-0.1, -0.05) is 18.2 Å². The normalized spacial score (nSPS) is 10.0. The SMILES string of the molecule is C=C(C)c1cc(C)c(C)c(S)c1. The van der Waals surface area contributed by atoms with Crippen LogP contribution in [-0.2, 0) is 0 Å². The van der Waals surface area contributed by atoms with Gasteiger partial charge in [0, 0.05) is 4.90 Å². The predicted octanol–water partition coefficient (Wildman–Crippen LogP) is 3.63. The van der Waals surface area contributed by atoms with Crippen molar-refractivity contribution >= 4 is 18.2 Å². The quantitative estimate of drug-likeness (QED) is 0.624. The highest BCUT2D eigenvalue weighted by Crippen LogP contribution is 2.22. The smallest absolute Gasteiger partial charge is 0.00779 e. The topological polar surface area (TPSA) is 0 Å². The molecule has 0 nitrogen and oxygen atoms in total. The molecule has 0 fully saturated rings. The summed E-state index contributed by atoms with van der Waals surface area (Å²) in [5.41, 5.74) is 4.81. The number of thiol groups is 1. The number of aryl methyl sites for hydroxylation is 1. The Morgan fingerprint density at radius 2 is 1.92 bits per heavy atom. The minimum Gasteiger partial charge on any atom is -0.143 e. The highest BCUT2D eigenvalue weighted by molar-refractivity contribution is 7.80. The van der Waals surface area contributed by atoms with Crippen LogP contribution in [0.2, 0.25) is 0 Å². The van der Waals surface area contributed by atoms with Gasteiger partial charge in [0.2, 0.25) is 0 Å². The van der Waals surface area contributed by atoms with E-state index in [2.05, 4.69) is 45.2 Å². The Balaban J connectivity index is 3.31. The van der Waals surface area contributed by atoms with Gasteiger partial charge in [-0.25, -0.2) is 0 Å². The van der Waals surface area contributed by atoms with E-state index in [9.17, 15) is 0 Å². The Bertz CT molecular complexity index is 301. The third-order valence-corrected chi connectivity index (χ3v) is 2.60. The molecule has 1 aromatic carbocycles. The molecule has 1 rings (SSSR count). The molecule has 0 heterocycles. The maximum atomic E-state index is 4.39. The van der Waals surface area contributed by atoms with Crippen molar-refractivity contribution in [2.75, 3.05) is 0 Å². The molecule has 0 aliphatic heterocycles. The van der Waals surface area contributed by atoms with Crippen molar-refractivity contribution in [3.05, 3.63) is 35.4 Å². The molecule has 0 atom stereocenters. The average molecular weight is 178 g/mol. The number of benzene rings is 1. The summed E-state index contributed by atoms with van der Waals surface area (Å²) in [5.74, 6) is 0. The van der Waals surface area contributed by atoms with E-state index in [0.29, 0.717) is 0 Å². The number of hydrogen-bond donors (Lipinski definition) is 1. The number of rotatable bonds is 1. The van der Waals surface area contributed by atoms with Gasteiger partial charge in [-0.2, -0.15) is 0 Å². The van der Waals surface area contributed by atoms with E-state index in [1.54, 1.807) is 0 Å². The van der Waals surface area contributed by atoms with E-state index in [0.717, 1.165) is 10.5 Å². The molecule has 0 spiro atoms. The minimum atomic E-state index is 1.05. The van der Waals surface area contributed by atoms with Crippen LogP contribution in [0.15, 0.2) is 23.6 Å². The second-order valence-corrected chi connectivity index (χ2v) is 3.70. The third kappa shape index (κ3) is 1.72. The van der Waals surface area contributed by atoms with E-state index in [1.165, 1.54) is 16.7 Å². The molecular weight excluding hydrogens is 164 g/mol. The Morgan fingerprint density at radius 1 is 1.33 bits per heavy atom. The molecule has 0 amide bonds. The molecule has 0 saturated carbocycles. The Labute approximate surface area is 79.7 Å². The predicted molar refractivity (Wildman–Crippen MR) is 57.9 cm³/mol. The van der Waals surface area contributed by atoms with Gasteiger partial charge in [-0.05, 0) is 43.5 Å². The van der Waals surface area contributed by atoms with Crippen molar-refractivity contribution in [2.45, 2.75) is 25.7 Å². The van der Waals surface area contributed by atoms with Crippen LogP contribution in [0.1, 0.15) is 23.6 Å². The van der Waals surface area contributed by atoms with Crippen LogP contribution in [0.4, 0.5) is 0 Å². The van der Waals surface area contributed by atoms with Crippen LogP contribution in [-0.4, -0.2) is 0 Å². The van der Waals surface area contributed by atoms with E-state index in [1.807, 2.05) is 6.92 Å². The fourth-order valence-electron chi connectivity index (χ4n) is 1.09. The van der Waals surface area contributed by atoms with Gasteiger partial charge >= 0.3 is 0 Å². The van der Waals surface area contributed by atoms with E-state index >= 15 is 0 Å². The molecule has 0 aliphatic carbocycles. The maximum Gasteiger partial charge on any atom is 0.00779 e. The van der Waals surface area contributed by atoms with Gasteiger partial charge in [0.05, 0.1) is 0 Å². The zero-order valence-electron chi connectivity index (χ0n) is 7.81. The second-order valence-electron chi connectivity index (χ2n) is 3.22. The highest BCUT2D eigenvalue weighted by Gasteiger charge is 2.01. The zero-order chi connectivity index (χ0) is 9.30. The summed E-state index contributed by atoms with van der Waals surface area (Å²) in [7, 11) is 0. The van der Waals surface area contributed by atoms with Crippen LogP contribution < -0.4 is 0 Å². The first-order chi connectivity index (χ1) is 5.52. The number of allylic oxidation sites excluding steroid dienone is 1. The summed E-state index contributed by atoms with van der Waals surface area (Å²) in [6, 6.07) is 4.21. The lowest BCUT2D eigenvalue weighted by Crippen LogP contribution is -1.87. The van der Waals surface area contributed by atoms with Crippen LogP contribution in [0, 0.1) is 13.8 Å². The first-order valence-corrected chi connectivity index (χ1v) is 4.43. The lowest BCUT2D eigenvalue weighted by Gasteiger charge is -2.07. The largest absolute Gasteiger partial charge is 0.143 e. The zero-order valence-corrected chi connectivity index (χ0v) is 8.70. The molecule has 1 aromatic rings. The lowest BCUT2D eigenvalue weighted by atomic mass is 10.0. The monoisotopic (exact) mass is 178 g/mol. The van der Waals surface area contributed by atoms with Gasteiger partial charge < -0.3 is 0 Å². The van der Waals surface area contributed by atoms with Crippen molar-refractivity contribution in [3.63, 3.8) is 0 Å². The van der Waals surface area contributed by atoms with Crippen molar-refractivity contribution in [2.24, 2.45) is 0 Å². The summed E-state index contributed by atoms with van der Waals surface area (Å²) in [5, 5.41) is 0. The number of hydrogen-bond acceptors (Lipinski definition) is 1. The molecule has 0 unspecified atom stereocenters. The van der Waals surface area contributed by atoms with E-state index in [4.69, 9.17) is 0 Å².